The number of ether oxygens (including phenoxy) is 2. The molecule has 0 fully saturated rings. The van der Waals surface area contributed by atoms with Gasteiger partial charge in [0.15, 0.2) is 0 Å². The molecule has 2 aromatic carbocycles. The molecular formula is C27H28N8O4. The molecule has 12 nitrogen and oxygen atoms in total. The van der Waals surface area contributed by atoms with Gasteiger partial charge in [-0.25, -0.2) is 20.1 Å². The van der Waals surface area contributed by atoms with Crippen LogP contribution in [-0.4, -0.2) is 51.1 Å². The molecule has 0 saturated carbocycles. The lowest BCUT2D eigenvalue weighted by Gasteiger charge is -2.15. The molecule has 0 radical (unpaired) electrons. The number of allylic oxidation sites excluding steroid dienone is 1. The molecule has 3 heterocycles. The SMILES string of the molecule is COC(=O)c1cc2ccc(N(N)/C=C(\N)CCCc3cn(-c4ccc5cc(C(=O)OC)[nH]c5c4)nn3)cc2[nH]1. The number of hydrazine groups is 1. The first kappa shape index (κ1) is 25.5. The summed E-state index contributed by atoms with van der Waals surface area (Å²) in [6.45, 7) is 0. The van der Waals surface area contributed by atoms with E-state index < -0.39 is 11.9 Å². The Morgan fingerprint density at radius 1 is 0.974 bits per heavy atom. The van der Waals surface area contributed by atoms with E-state index in [4.69, 9.17) is 21.1 Å². The van der Waals surface area contributed by atoms with Gasteiger partial charge in [0.1, 0.15) is 11.4 Å². The summed E-state index contributed by atoms with van der Waals surface area (Å²) in [5.74, 6) is 5.36. The van der Waals surface area contributed by atoms with Crippen LogP contribution < -0.4 is 16.6 Å². The van der Waals surface area contributed by atoms with Gasteiger partial charge in [0.25, 0.3) is 0 Å². The predicted octanol–water partition coefficient (Wildman–Crippen LogP) is 3.31. The van der Waals surface area contributed by atoms with Gasteiger partial charge in [-0.1, -0.05) is 17.3 Å². The Morgan fingerprint density at radius 2 is 1.62 bits per heavy atom. The highest BCUT2D eigenvalue weighted by atomic mass is 16.5. The van der Waals surface area contributed by atoms with Crippen molar-refractivity contribution in [3.8, 4) is 5.69 Å². The van der Waals surface area contributed by atoms with Crippen molar-refractivity contribution >= 4 is 39.4 Å². The van der Waals surface area contributed by atoms with Gasteiger partial charge >= 0.3 is 11.9 Å². The Morgan fingerprint density at radius 3 is 2.28 bits per heavy atom. The van der Waals surface area contributed by atoms with Crippen molar-refractivity contribution < 1.29 is 19.1 Å². The van der Waals surface area contributed by atoms with Gasteiger partial charge in [-0.2, -0.15) is 0 Å². The first-order chi connectivity index (χ1) is 18.8. The second-order valence-electron chi connectivity index (χ2n) is 9.01. The molecule has 0 aliphatic rings. The van der Waals surface area contributed by atoms with Crippen LogP contribution in [-0.2, 0) is 15.9 Å². The van der Waals surface area contributed by atoms with Crippen LogP contribution in [0.15, 0.2) is 66.6 Å². The molecule has 0 spiro atoms. The highest BCUT2D eigenvalue weighted by molar-refractivity contribution is 5.96. The summed E-state index contributed by atoms with van der Waals surface area (Å²) < 4.78 is 11.2. The zero-order chi connectivity index (χ0) is 27.5. The molecule has 5 rings (SSSR count). The zero-order valence-electron chi connectivity index (χ0n) is 21.5. The number of esters is 2. The number of benzene rings is 2. The van der Waals surface area contributed by atoms with E-state index in [1.165, 1.54) is 19.2 Å². The number of aryl methyl sites for hydroxylation is 1. The maximum absolute atomic E-state index is 11.8. The number of nitrogens with zero attached hydrogens (tertiary/aromatic N) is 4. The predicted molar refractivity (Wildman–Crippen MR) is 146 cm³/mol. The first-order valence-corrected chi connectivity index (χ1v) is 12.2. The summed E-state index contributed by atoms with van der Waals surface area (Å²) in [5, 5.41) is 11.7. The Kier molecular flexibility index (Phi) is 7.02. The standard InChI is InChI=1S/C27H28N8O4/c1-38-26(36)24-10-16-6-8-20(12-22(16)30-24)34(29)14-18(28)4-3-5-19-15-35(33-32-19)21-9-7-17-11-25(27(37)39-2)31-23(17)13-21/h6-15,30-31H,3-5,28-29H2,1-2H3/b18-14-. The van der Waals surface area contributed by atoms with Crippen molar-refractivity contribution in [3.05, 3.63) is 83.7 Å². The van der Waals surface area contributed by atoms with E-state index in [-0.39, 0.29) is 0 Å². The normalized spacial score (nSPS) is 11.7. The lowest BCUT2D eigenvalue weighted by atomic mass is 10.1. The van der Waals surface area contributed by atoms with Crippen molar-refractivity contribution in [1.29, 1.82) is 0 Å². The fraction of sp³-hybridized carbons (Fsp3) is 0.185. The number of nitrogens with one attached hydrogen (secondary N) is 2. The molecule has 0 bridgehead atoms. The van der Waals surface area contributed by atoms with Crippen LogP contribution in [0.5, 0.6) is 0 Å². The van der Waals surface area contributed by atoms with Crippen LogP contribution in [0.1, 0.15) is 39.5 Å². The molecule has 0 unspecified atom stereocenters. The molecule has 12 heteroatoms. The monoisotopic (exact) mass is 528 g/mol. The minimum Gasteiger partial charge on any atom is -0.464 e. The van der Waals surface area contributed by atoms with Crippen LogP contribution in [0, 0.1) is 0 Å². The highest BCUT2D eigenvalue weighted by Crippen LogP contribution is 2.23. The minimum absolute atomic E-state index is 0.373. The minimum atomic E-state index is -0.433. The number of hydrogen-bond donors (Lipinski definition) is 4. The van der Waals surface area contributed by atoms with Crippen LogP contribution >= 0.6 is 0 Å². The zero-order valence-corrected chi connectivity index (χ0v) is 21.5. The second kappa shape index (κ2) is 10.7. The Labute approximate surface area is 223 Å². The number of carbonyl (C=O) groups excluding carboxylic acids is 2. The number of methoxy groups -OCH3 is 2. The third-order valence-electron chi connectivity index (χ3n) is 6.33. The molecule has 0 aliphatic carbocycles. The van der Waals surface area contributed by atoms with Crippen molar-refractivity contribution in [2.24, 2.45) is 11.6 Å². The van der Waals surface area contributed by atoms with Crippen molar-refractivity contribution in [2.45, 2.75) is 19.3 Å². The molecule has 0 amide bonds. The Balaban J connectivity index is 1.19. The van der Waals surface area contributed by atoms with Gasteiger partial charge in [0.2, 0.25) is 0 Å². The molecule has 0 aliphatic heterocycles. The van der Waals surface area contributed by atoms with E-state index in [1.807, 2.05) is 42.6 Å². The van der Waals surface area contributed by atoms with Gasteiger partial charge in [-0.05, 0) is 55.7 Å². The smallest absolute Gasteiger partial charge is 0.354 e. The fourth-order valence-corrected chi connectivity index (χ4v) is 4.30. The molecule has 0 atom stereocenters. The van der Waals surface area contributed by atoms with Crippen LogP contribution in [0.25, 0.3) is 27.5 Å². The lowest BCUT2D eigenvalue weighted by molar-refractivity contribution is 0.0586. The van der Waals surface area contributed by atoms with E-state index in [0.29, 0.717) is 35.6 Å². The number of anilines is 1. The number of fused-ring (bicyclic) bond motifs is 2. The number of rotatable bonds is 9. The summed E-state index contributed by atoms with van der Waals surface area (Å²) in [6.07, 6.45) is 5.60. The highest BCUT2D eigenvalue weighted by Gasteiger charge is 2.12. The van der Waals surface area contributed by atoms with E-state index in [2.05, 4.69) is 20.3 Å². The first-order valence-electron chi connectivity index (χ1n) is 12.2. The van der Waals surface area contributed by atoms with E-state index >= 15 is 0 Å². The average Bonchev–Trinajstić information content (AvgIpc) is 3.69. The average molecular weight is 529 g/mol. The summed E-state index contributed by atoms with van der Waals surface area (Å²) in [4.78, 5) is 29.6. The molecular weight excluding hydrogens is 500 g/mol. The lowest BCUT2D eigenvalue weighted by Crippen LogP contribution is -2.25. The number of H-pyrrole nitrogens is 2. The molecule has 5 aromatic rings. The van der Waals surface area contributed by atoms with E-state index in [9.17, 15) is 9.59 Å². The molecule has 0 saturated heterocycles. The molecule has 6 N–H and O–H groups in total. The van der Waals surface area contributed by atoms with Crippen molar-refractivity contribution in [1.82, 2.24) is 25.0 Å². The summed E-state index contributed by atoms with van der Waals surface area (Å²) >= 11 is 0. The van der Waals surface area contributed by atoms with Gasteiger partial charge in [-0.15, -0.1) is 5.10 Å². The maximum Gasteiger partial charge on any atom is 0.354 e. The Bertz CT molecular complexity index is 1700. The van der Waals surface area contributed by atoms with Gasteiger partial charge in [0.05, 0.1) is 37.5 Å². The molecule has 39 heavy (non-hydrogen) atoms. The van der Waals surface area contributed by atoms with Crippen molar-refractivity contribution in [3.63, 3.8) is 0 Å². The topological polar surface area (TPSA) is 170 Å². The fourth-order valence-electron chi connectivity index (χ4n) is 4.30. The van der Waals surface area contributed by atoms with Gasteiger partial charge in [0, 0.05) is 33.7 Å². The molecule has 3 aromatic heterocycles. The van der Waals surface area contributed by atoms with E-state index in [0.717, 1.165) is 39.6 Å². The summed E-state index contributed by atoms with van der Waals surface area (Å²) in [6, 6.07) is 14.7. The number of aromatic nitrogens is 5. The van der Waals surface area contributed by atoms with Crippen LogP contribution in [0.3, 0.4) is 0 Å². The third kappa shape index (κ3) is 5.45. The second-order valence-corrected chi connectivity index (χ2v) is 9.01. The maximum atomic E-state index is 11.8. The van der Waals surface area contributed by atoms with Gasteiger partial charge in [-0.3, -0.25) is 5.01 Å². The Hall–Kier alpha value is -5.10. The summed E-state index contributed by atoms with van der Waals surface area (Å²) in [5.41, 5.74) is 11.5. The number of carbonyl (C=O) groups is 2. The van der Waals surface area contributed by atoms with Crippen molar-refractivity contribution in [2.75, 3.05) is 19.2 Å². The third-order valence-corrected chi connectivity index (χ3v) is 6.33. The van der Waals surface area contributed by atoms with E-state index in [1.54, 1.807) is 23.0 Å². The van der Waals surface area contributed by atoms with Crippen LogP contribution in [0.4, 0.5) is 5.69 Å². The quantitative estimate of drug-likeness (QED) is 0.127. The largest absolute Gasteiger partial charge is 0.464 e. The number of nitrogens with two attached hydrogens (primary N) is 2. The molecule has 200 valence electrons. The summed E-state index contributed by atoms with van der Waals surface area (Å²) in [7, 11) is 2.68. The van der Waals surface area contributed by atoms with Crippen LogP contribution in [0.2, 0.25) is 0 Å². The number of hydrogen-bond acceptors (Lipinski definition) is 9. The number of aromatic amines is 2. The van der Waals surface area contributed by atoms with Gasteiger partial charge < -0.3 is 25.2 Å².